The predicted molar refractivity (Wildman–Crippen MR) is 213 cm³/mol. The summed E-state index contributed by atoms with van der Waals surface area (Å²) in [4.78, 5) is 0. The first kappa shape index (κ1) is 27.5. The van der Waals surface area contributed by atoms with Gasteiger partial charge in [-0.05, 0) is 0 Å². The van der Waals surface area contributed by atoms with Gasteiger partial charge in [0.05, 0.1) is 0 Å². The SMILES string of the molecule is Cc1c(-c2ccc3c(c2)[se]c2ccccc23)c(C)[n+]2n1-c1cccc3c1C21c2c(ccc4c5ccccc5n-3c24)-n2c3ccccc3c3ccc[n+]1c32. The van der Waals surface area contributed by atoms with Crippen LogP contribution in [0.25, 0.3) is 91.2 Å². The van der Waals surface area contributed by atoms with Crippen molar-refractivity contribution >= 4 is 77.5 Å². The van der Waals surface area contributed by atoms with Crippen molar-refractivity contribution in [1.29, 1.82) is 0 Å². The van der Waals surface area contributed by atoms with E-state index in [4.69, 9.17) is 0 Å². The third-order valence-corrected chi connectivity index (χ3v) is 15.1. The molecule has 3 aliphatic heterocycles. The zero-order valence-corrected chi connectivity index (χ0v) is 30.6. The molecule has 11 aromatic rings. The normalized spacial score (nSPS) is 16.2. The summed E-state index contributed by atoms with van der Waals surface area (Å²) in [5.41, 5.74) is 15.9. The second-order valence-electron chi connectivity index (χ2n) is 15.0. The van der Waals surface area contributed by atoms with E-state index in [9.17, 15) is 0 Å². The number of aromatic nitrogens is 5. The van der Waals surface area contributed by atoms with Crippen LogP contribution >= 0.6 is 0 Å². The Morgan fingerprint density at radius 3 is 2.09 bits per heavy atom. The topological polar surface area (TPSA) is 22.5 Å². The predicted octanol–water partition coefficient (Wildman–Crippen LogP) is 9.13. The van der Waals surface area contributed by atoms with Crippen LogP contribution in [0.15, 0.2) is 140 Å². The molecule has 1 atom stereocenters. The minimum absolute atomic E-state index is 0.295. The van der Waals surface area contributed by atoms with Gasteiger partial charge in [0.15, 0.2) is 0 Å². The molecule has 0 fully saturated rings. The molecule has 0 radical (unpaired) electrons. The number of nitrogens with zero attached hydrogens (tertiary/aromatic N) is 5. The first-order valence-electron chi connectivity index (χ1n) is 18.4. The third kappa shape index (κ3) is 2.81. The molecular weight excluding hydrogens is 714 g/mol. The Labute approximate surface area is 309 Å². The van der Waals surface area contributed by atoms with E-state index in [0.717, 1.165) is 0 Å². The van der Waals surface area contributed by atoms with Gasteiger partial charge in [0.25, 0.3) is 0 Å². The van der Waals surface area contributed by atoms with E-state index in [1.807, 2.05) is 0 Å². The van der Waals surface area contributed by atoms with E-state index in [1.165, 1.54) is 114 Å². The van der Waals surface area contributed by atoms with Crippen LogP contribution in [0.1, 0.15) is 22.5 Å². The van der Waals surface area contributed by atoms with E-state index >= 15 is 0 Å². The molecular formula is C47H29N5Se+2. The molecule has 3 aliphatic rings. The molecule has 0 saturated carbocycles. The van der Waals surface area contributed by atoms with E-state index in [2.05, 4.69) is 177 Å². The van der Waals surface area contributed by atoms with Crippen molar-refractivity contribution in [1.82, 2.24) is 13.8 Å². The summed E-state index contributed by atoms with van der Waals surface area (Å²) in [5, 5.41) is 7.93. The first-order valence-corrected chi connectivity index (χ1v) is 20.1. The van der Waals surface area contributed by atoms with E-state index in [-0.39, 0.29) is 0 Å². The quantitative estimate of drug-likeness (QED) is 0.118. The van der Waals surface area contributed by atoms with Crippen molar-refractivity contribution in [3.8, 4) is 28.2 Å². The fourth-order valence-electron chi connectivity index (χ4n) is 11.0. The monoisotopic (exact) mass is 743 g/mol. The van der Waals surface area contributed by atoms with Gasteiger partial charge in [-0.3, -0.25) is 0 Å². The Bertz CT molecular complexity index is 3550. The van der Waals surface area contributed by atoms with Gasteiger partial charge in [0.1, 0.15) is 0 Å². The van der Waals surface area contributed by atoms with Crippen LogP contribution in [0.4, 0.5) is 0 Å². The van der Waals surface area contributed by atoms with Gasteiger partial charge < -0.3 is 0 Å². The van der Waals surface area contributed by atoms with E-state index in [0.29, 0.717) is 14.5 Å². The Morgan fingerprint density at radius 2 is 1.23 bits per heavy atom. The van der Waals surface area contributed by atoms with Crippen LogP contribution in [-0.2, 0) is 5.66 Å². The number of fused-ring (bicyclic) bond motifs is 13. The van der Waals surface area contributed by atoms with Crippen LogP contribution in [0.2, 0.25) is 0 Å². The second kappa shape index (κ2) is 8.87. The van der Waals surface area contributed by atoms with Gasteiger partial charge in [0, 0.05) is 0 Å². The zero-order valence-electron chi connectivity index (χ0n) is 28.9. The Balaban J connectivity index is 1.21. The summed E-state index contributed by atoms with van der Waals surface area (Å²) in [5.74, 6) is 0. The number of rotatable bonds is 1. The van der Waals surface area contributed by atoms with Gasteiger partial charge in [0.2, 0.25) is 0 Å². The summed E-state index contributed by atoms with van der Waals surface area (Å²) >= 11 is 0.295. The molecule has 0 saturated heterocycles. The number of benzene rings is 6. The molecule has 8 heterocycles. The van der Waals surface area contributed by atoms with Crippen LogP contribution in [0.5, 0.6) is 0 Å². The molecule has 246 valence electrons. The third-order valence-electron chi connectivity index (χ3n) is 12.7. The standard InChI is InChI=1S/C47H29N5Se/c1-26-42(28-20-21-32-31-13-5-8-19-40(31)53-41(32)25-28)27(2)52-47-43-37(17-9-18-39(43)51(26)52)49-35-15-6-3-11-29(35)33-22-23-38(44(47)45(33)49)50-36-16-7-4-12-30(36)34-14-10-24-48(47)46(34)50/h3-25H,1-2H3/q+2. The van der Waals surface area contributed by atoms with Crippen LogP contribution < -0.4 is 9.25 Å². The number of hydrogen-bond acceptors (Lipinski definition) is 0. The van der Waals surface area contributed by atoms with Crippen molar-refractivity contribution in [2.75, 3.05) is 0 Å². The molecule has 6 aromatic carbocycles. The molecule has 6 heteroatoms. The van der Waals surface area contributed by atoms with Crippen molar-refractivity contribution in [2.45, 2.75) is 19.5 Å². The Morgan fingerprint density at radius 1 is 0.547 bits per heavy atom. The summed E-state index contributed by atoms with van der Waals surface area (Å²) in [6.45, 7) is 4.70. The number of hydrogen-bond donors (Lipinski definition) is 0. The van der Waals surface area contributed by atoms with E-state index in [1.54, 1.807) is 0 Å². The van der Waals surface area contributed by atoms with Crippen molar-refractivity contribution in [3.05, 3.63) is 162 Å². The average Bonchev–Trinajstić information content (AvgIpc) is 3.97. The summed E-state index contributed by atoms with van der Waals surface area (Å²) in [6.07, 6.45) is 2.34. The Kier molecular flexibility index (Phi) is 4.59. The molecule has 53 heavy (non-hydrogen) atoms. The maximum atomic E-state index is 2.67. The van der Waals surface area contributed by atoms with E-state index < -0.39 is 5.66 Å². The maximum absolute atomic E-state index is 2.67. The summed E-state index contributed by atoms with van der Waals surface area (Å²) in [7, 11) is 0. The van der Waals surface area contributed by atoms with Crippen LogP contribution in [0, 0.1) is 13.8 Å². The Hall–Kier alpha value is -6.20. The fraction of sp³-hybridized carbons (Fsp3) is 0.0638. The van der Waals surface area contributed by atoms with Gasteiger partial charge in [-0.1, -0.05) is 24.3 Å². The average molecular weight is 743 g/mol. The minimum atomic E-state index is -0.668. The first-order chi connectivity index (χ1) is 26.2. The molecule has 0 N–H and O–H groups in total. The van der Waals surface area contributed by atoms with Gasteiger partial charge >= 0.3 is 286 Å². The molecule has 0 bridgehead atoms. The molecule has 0 amide bonds. The second-order valence-corrected chi connectivity index (χ2v) is 17.3. The fourth-order valence-corrected chi connectivity index (χ4v) is 13.4. The van der Waals surface area contributed by atoms with Crippen LogP contribution in [-0.4, -0.2) is 28.3 Å². The molecule has 1 spiro atoms. The molecule has 0 aliphatic carbocycles. The molecule has 14 rings (SSSR count). The number of para-hydroxylation sites is 2. The molecule has 5 aromatic heterocycles. The molecule has 5 nitrogen and oxygen atoms in total. The number of pyridine rings is 1. The zero-order chi connectivity index (χ0) is 34.5. The molecule has 1 unspecified atom stereocenters. The van der Waals surface area contributed by atoms with Crippen molar-refractivity contribution in [2.24, 2.45) is 0 Å². The summed E-state index contributed by atoms with van der Waals surface area (Å²) in [6, 6.07) is 50.4. The van der Waals surface area contributed by atoms with Gasteiger partial charge in [-0.15, -0.1) is 0 Å². The van der Waals surface area contributed by atoms with Crippen LogP contribution in [0.3, 0.4) is 0 Å². The van der Waals surface area contributed by atoms with Crippen molar-refractivity contribution in [3.63, 3.8) is 0 Å². The van der Waals surface area contributed by atoms with Gasteiger partial charge in [-0.25, -0.2) is 0 Å². The van der Waals surface area contributed by atoms with Gasteiger partial charge in [-0.2, -0.15) is 0 Å². The summed E-state index contributed by atoms with van der Waals surface area (Å²) < 4.78 is 15.9. The van der Waals surface area contributed by atoms with Crippen molar-refractivity contribution < 1.29 is 9.25 Å².